The van der Waals surface area contributed by atoms with Gasteiger partial charge in [0.25, 0.3) is 5.91 Å². The predicted octanol–water partition coefficient (Wildman–Crippen LogP) is 4.58. The van der Waals surface area contributed by atoms with Crippen LogP contribution in [0.1, 0.15) is 29.1 Å². The van der Waals surface area contributed by atoms with E-state index in [1.165, 1.54) is 11.3 Å². The fourth-order valence-corrected chi connectivity index (χ4v) is 3.76. The summed E-state index contributed by atoms with van der Waals surface area (Å²) < 4.78 is 12.2. The van der Waals surface area contributed by atoms with Gasteiger partial charge in [-0.3, -0.25) is 9.59 Å². The van der Waals surface area contributed by atoms with Crippen LogP contribution in [0.25, 0.3) is 10.1 Å². The molecule has 0 fully saturated rings. The van der Waals surface area contributed by atoms with Crippen molar-refractivity contribution >= 4 is 39.0 Å². The molecule has 0 bridgehead atoms. The highest BCUT2D eigenvalue weighted by molar-refractivity contribution is 7.21. The third kappa shape index (κ3) is 4.43. The number of rotatable bonds is 7. The van der Waals surface area contributed by atoms with Gasteiger partial charge in [0, 0.05) is 15.8 Å². The molecule has 0 saturated carbocycles. The molecule has 2 N–H and O–H groups in total. The van der Waals surface area contributed by atoms with Crippen LogP contribution in [0, 0.1) is 0 Å². The van der Waals surface area contributed by atoms with E-state index in [1.54, 1.807) is 31.4 Å². The first-order chi connectivity index (χ1) is 13.4. The van der Waals surface area contributed by atoms with Crippen molar-refractivity contribution in [1.29, 1.82) is 0 Å². The fourth-order valence-electron chi connectivity index (χ4n) is 2.75. The first-order valence-electron chi connectivity index (χ1n) is 8.76. The minimum absolute atomic E-state index is 0.0568. The minimum atomic E-state index is -0.895. The van der Waals surface area contributed by atoms with E-state index in [2.05, 4.69) is 5.32 Å². The molecule has 1 aromatic heterocycles. The Kier molecular flexibility index (Phi) is 5.84. The van der Waals surface area contributed by atoms with E-state index in [0.29, 0.717) is 27.6 Å². The van der Waals surface area contributed by atoms with Gasteiger partial charge in [0.15, 0.2) is 5.75 Å². The summed E-state index contributed by atoms with van der Waals surface area (Å²) in [5.74, 6) is 0.0588. The number of anilines is 1. The maximum Gasteiger partial charge on any atom is 0.307 e. The molecule has 6 nitrogen and oxygen atoms in total. The molecule has 0 unspecified atom stereocenters. The quantitative estimate of drug-likeness (QED) is 0.608. The summed E-state index contributed by atoms with van der Waals surface area (Å²) in [7, 11) is 1.60. The standard InChI is InChI=1S/C21H21NO5S/c1-12(2)27-19-16-11-15(26-3)8-9-17(16)28-20(19)21(25)22-14-6-4-13(5-7-14)10-18(23)24/h4-9,11-12H,10H2,1-3H3,(H,22,25)(H,23,24). The van der Waals surface area contributed by atoms with E-state index in [0.717, 1.165) is 10.1 Å². The minimum Gasteiger partial charge on any atom is -0.497 e. The smallest absolute Gasteiger partial charge is 0.307 e. The average Bonchev–Trinajstić information content (AvgIpc) is 3.00. The molecular formula is C21H21NO5S. The summed E-state index contributed by atoms with van der Waals surface area (Å²) >= 11 is 1.35. The number of benzene rings is 2. The van der Waals surface area contributed by atoms with Crippen molar-refractivity contribution in [3.05, 3.63) is 52.9 Å². The zero-order valence-electron chi connectivity index (χ0n) is 15.8. The van der Waals surface area contributed by atoms with Gasteiger partial charge in [-0.05, 0) is 49.7 Å². The summed E-state index contributed by atoms with van der Waals surface area (Å²) in [6, 6.07) is 12.4. The van der Waals surface area contributed by atoms with Gasteiger partial charge in [0.1, 0.15) is 10.6 Å². The third-order valence-electron chi connectivity index (χ3n) is 3.98. The van der Waals surface area contributed by atoms with Crippen LogP contribution in [0.15, 0.2) is 42.5 Å². The molecule has 3 rings (SSSR count). The molecule has 0 radical (unpaired) electrons. The summed E-state index contributed by atoms with van der Waals surface area (Å²) in [5.41, 5.74) is 1.26. The molecule has 28 heavy (non-hydrogen) atoms. The second-order valence-electron chi connectivity index (χ2n) is 6.51. The Balaban J connectivity index is 1.90. The van der Waals surface area contributed by atoms with Gasteiger partial charge in [-0.15, -0.1) is 11.3 Å². The van der Waals surface area contributed by atoms with Gasteiger partial charge in [-0.1, -0.05) is 12.1 Å². The molecule has 1 heterocycles. The molecule has 0 aliphatic heterocycles. The molecule has 1 amide bonds. The number of nitrogens with one attached hydrogen (secondary N) is 1. The van der Waals surface area contributed by atoms with Crippen molar-refractivity contribution in [2.45, 2.75) is 26.4 Å². The predicted molar refractivity (Wildman–Crippen MR) is 110 cm³/mol. The highest BCUT2D eigenvalue weighted by Gasteiger charge is 2.21. The van der Waals surface area contributed by atoms with Crippen LogP contribution in [0.3, 0.4) is 0 Å². The molecule has 2 aromatic carbocycles. The van der Waals surface area contributed by atoms with Crippen molar-refractivity contribution < 1.29 is 24.2 Å². The van der Waals surface area contributed by atoms with E-state index < -0.39 is 5.97 Å². The van der Waals surface area contributed by atoms with E-state index >= 15 is 0 Å². The number of aliphatic carboxylic acids is 1. The number of amides is 1. The van der Waals surface area contributed by atoms with E-state index in [-0.39, 0.29) is 18.4 Å². The van der Waals surface area contributed by atoms with Gasteiger partial charge in [-0.25, -0.2) is 0 Å². The van der Waals surface area contributed by atoms with Crippen LogP contribution in [0.5, 0.6) is 11.5 Å². The number of carbonyl (C=O) groups is 2. The zero-order valence-corrected chi connectivity index (χ0v) is 16.6. The first kappa shape index (κ1) is 19.7. The van der Waals surface area contributed by atoms with Crippen LogP contribution in [-0.4, -0.2) is 30.2 Å². The highest BCUT2D eigenvalue weighted by Crippen LogP contribution is 2.40. The van der Waals surface area contributed by atoms with Crippen molar-refractivity contribution in [3.63, 3.8) is 0 Å². The summed E-state index contributed by atoms with van der Waals surface area (Å²) in [6.07, 6.45) is -0.149. The SMILES string of the molecule is COc1ccc2sc(C(=O)Nc3ccc(CC(=O)O)cc3)c(OC(C)C)c2c1. The Bertz CT molecular complexity index is 1010. The molecule has 0 aliphatic carbocycles. The van der Waals surface area contributed by atoms with Crippen LogP contribution in [0.2, 0.25) is 0 Å². The second kappa shape index (κ2) is 8.31. The molecule has 7 heteroatoms. The number of hydrogen-bond donors (Lipinski definition) is 2. The maximum absolute atomic E-state index is 12.9. The summed E-state index contributed by atoms with van der Waals surface area (Å²) in [6.45, 7) is 3.82. The summed E-state index contributed by atoms with van der Waals surface area (Å²) in [4.78, 5) is 24.2. The van der Waals surface area contributed by atoms with Crippen molar-refractivity contribution in [2.24, 2.45) is 0 Å². The van der Waals surface area contributed by atoms with Crippen LogP contribution < -0.4 is 14.8 Å². The number of ether oxygens (including phenoxy) is 2. The molecule has 3 aromatic rings. The van der Waals surface area contributed by atoms with Gasteiger partial charge in [-0.2, -0.15) is 0 Å². The van der Waals surface area contributed by atoms with Gasteiger partial charge >= 0.3 is 5.97 Å². The largest absolute Gasteiger partial charge is 0.497 e. The fraction of sp³-hybridized carbons (Fsp3) is 0.238. The Hall–Kier alpha value is -3.06. The average molecular weight is 399 g/mol. The lowest BCUT2D eigenvalue weighted by atomic mass is 10.1. The monoisotopic (exact) mass is 399 g/mol. The Labute approximate surface area is 166 Å². The number of hydrogen-bond acceptors (Lipinski definition) is 5. The number of carboxylic acids is 1. The van der Waals surface area contributed by atoms with Crippen LogP contribution in [-0.2, 0) is 11.2 Å². The van der Waals surface area contributed by atoms with Crippen molar-refractivity contribution in [3.8, 4) is 11.5 Å². The number of carbonyl (C=O) groups excluding carboxylic acids is 1. The molecule has 0 aliphatic rings. The zero-order chi connectivity index (χ0) is 20.3. The van der Waals surface area contributed by atoms with Crippen LogP contribution >= 0.6 is 11.3 Å². The number of thiophene rings is 1. The topological polar surface area (TPSA) is 84.9 Å². The second-order valence-corrected chi connectivity index (χ2v) is 7.56. The lowest BCUT2D eigenvalue weighted by Crippen LogP contribution is -2.14. The van der Waals surface area contributed by atoms with E-state index in [4.69, 9.17) is 14.6 Å². The number of fused-ring (bicyclic) bond motifs is 1. The molecule has 0 saturated heterocycles. The maximum atomic E-state index is 12.9. The Morgan fingerprint density at radius 1 is 1.14 bits per heavy atom. The van der Waals surface area contributed by atoms with E-state index in [1.807, 2.05) is 32.0 Å². The number of carboxylic acid groups (broad SMARTS) is 1. The van der Waals surface area contributed by atoms with E-state index in [9.17, 15) is 9.59 Å². The van der Waals surface area contributed by atoms with Crippen molar-refractivity contribution in [1.82, 2.24) is 0 Å². The lowest BCUT2D eigenvalue weighted by Gasteiger charge is -2.12. The highest BCUT2D eigenvalue weighted by atomic mass is 32.1. The van der Waals surface area contributed by atoms with Gasteiger partial charge < -0.3 is 19.9 Å². The van der Waals surface area contributed by atoms with Gasteiger partial charge in [0.05, 0.1) is 19.6 Å². The molecule has 146 valence electrons. The number of methoxy groups -OCH3 is 1. The van der Waals surface area contributed by atoms with Crippen molar-refractivity contribution in [2.75, 3.05) is 12.4 Å². The molecular weight excluding hydrogens is 378 g/mol. The normalized spacial score (nSPS) is 10.9. The summed E-state index contributed by atoms with van der Waals surface area (Å²) in [5, 5.41) is 12.5. The third-order valence-corrected chi connectivity index (χ3v) is 5.13. The van der Waals surface area contributed by atoms with Gasteiger partial charge in [0.2, 0.25) is 0 Å². The molecule has 0 atom stereocenters. The first-order valence-corrected chi connectivity index (χ1v) is 9.58. The lowest BCUT2D eigenvalue weighted by molar-refractivity contribution is -0.136. The Morgan fingerprint density at radius 3 is 2.46 bits per heavy atom. The Morgan fingerprint density at radius 2 is 1.86 bits per heavy atom. The molecule has 0 spiro atoms. The van der Waals surface area contributed by atoms with Crippen LogP contribution in [0.4, 0.5) is 5.69 Å².